The van der Waals surface area contributed by atoms with Gasteiger partial charge in [-0.1, -0.05) is 29.8 Å². The number of benzene rings is 2. The zero-order valence-corrected chi connectivity index (χ0v) is 14.8. The Balaban J connectivity index is 1.59. The van der Waals surface area contributed by atoms with E-state index in [0.29, 0.717) is 16.4 Å². The van der Waals surface area contributed by atoms with Crippen LogP contribution in [-0.2, 0) is 10.0 Å². The molecule has 0 atom stereocenters. The van der Waals surface area contributed by atoms with Crippen molar-refractivity contribution in [3.63, 3.8) is 0 Å². The van der Waals surface area contributed by atoms with Crippen LogP contribution in [0.15, 0.2) is 71.9 Å². The van der Waals surface area contributed by atoms with E-state index >= 15 is 0 Å². The van der Waals surface area contributed by atoms with Gasteiger partial charge in [0.1, 0.15) is 6.33 Å². The van der Waals surface area contributed by atoms with Crippen LogP contribution in [0.4, 0.5) is 5.69 Å². The second-order valence-electron chi connectivity index (χ2n) is 5.49. The van der Waals surface area contributed by atoms with Gasteiger partial charge in [-0.15, -0.1) is 10.2 Å². The average molecular weight is 386 g/mol. The van der Waals surface area contributed by atoms with Crippen molar-refractivity contribution in [3.05, 3.63) is 72.0 Å². The fraction of sp³-hybridized carbons (Fsp3) is 0. The van der Waals surface area contributed by atoms with Gasteiger partial charge in [-0.2, -0.15) is 9.61 Å². The molecule has 0 radical (unpaired) electrons. The van der Waals surface area contributed by atoms with Gasteiger partial charge in [0, 0.05) is 16.3 Å². The molecule has 0 unspecified atom stereocenters. The molecule has 130 valence electrons. The Morgan fingerprint density at radius 2 is 1.81 bits per heavy atom. The lowest BCUT2D eigenvalue weighted by molar-refractivity contribution is 0.601. The summed E-state index contributed by atoms with van der Waals surface area (Å²) in [5.74, 6) is 0. The Labute approximate surface area is 154 Å². The summed E-state index contributed by atoms with van der Waals surface area (Å²) >= 11 is 5.87. The minimum Gasteiger partial charge on any atom is -0.280 e. The van der Waals surface area contributed by atoms with E-state index in [1.807, 2.05) is 12.1 Å². The Bertz CT molecular complexity index is 1190. The quantitative estimate of drug-likeness (QED) is 0.582. The lowest BCUT2D eigenvalue weighted by Crippen LogP contribution is -2.12. The monoisotopic (exact) mass is 385 g/mol. The Morgan fingerprint density at radius 1 is 1.00 bits per heavy atom. The first-order valence-corrected chi connectivity index (χ1v) is 9.43. The van der Waals surface area contributed by atoms with Crippen molar-refractivity contribution in [2.75, 3.05) is 4.72 Å². The number of fused-ring (bicyclic) bond motifs is 1. The first-order valence-electron chi connectivity index (χ1n) is 7.57. The highest BCUT2D eigenvalue weighted by atomic mass is 35.5. The molecule has 1 N–H and O–H groups in total. The molecule has 2 aromatic heterocycles. The minimum absolute atomic E-state index is 0.105. The molecule has 4 aromatic rings. The minimum atomic E-state index is -3.71. The molecule has 2 heterocycles. The van der Waals surface area contributed by atoms with Crippen molar-refractivity contribution in [1.29, 1.82) is 0 Å². The SMILES string of the molecule is O=S(=O)(Nc1ccc(-c2ccc3nncn3n2)cc1)c1cccc(Cl)c1. The average Bonchev–Trinajstić information content (AvgIpc) is 3.10. The second-order valence-corrected chi connectivity index (χ2v) is 7.61. The van der Waals surface area contributed by atoms with Gasteiger partial charge in [0.15, 0.2) is 5.65 Å². The van der Waals surface area contributed by atoms with Crippen molar-refractivity contribution in [2.45, 2.75) is 4.90 Å². The largest absolute Gasteiger partial charge is 0.280 e. The maximum absolute atomic E-state index is 12.4. The molecule has 26 heavy (non-hydrogen) atoms. The molecule has 0 aliphatic rings. The van der Waals surface area contributed by atoms with Crippen LogP contribution >= 0.6 is 11.6 Å². The van der Waals surface area contributed by atoms with Gasteiger partial charge in [0.2, 0.25) is 0 Å². The van der Waals surface area contributed by atoms with Crippen molar-refractivity contribution in [1.82, 2.24) is 19.8 Å². The summed E-state index contributed by atoms with van der Waals surface area (Å²) in [4.78, 5) is 0.105. The molecule has 2 aromatic carbocycles. The lowest BCUT2D eigenvalue weighted by Gasteiger charge is -2.09. The number of rotatable bonds is 4. The summed E-state index contributed by atoms with van der Waals surface area (Å²) in [5, 5.41) is 12.5. The Hall–Kier alpha value is -2.97. The van der Waals surface area contributed by atoms with Crippen LogP contribution in [0.3, 0.4) is 0 Å². The van der Waals surface area contributed by atoms with Crippen LogP contribution in [0.5, 0.6) is 0 Å². The molecular formula is C17H12ClN5O2S. The molecule has 0 aliphatic carbocycles. The molecular weight excluding hydrogens is 374 g/mol. The predicted molar refractivity (Wildman–Crippen MR) is 98.5 cm³/mol. The standard InChI is InChI=1S/C17H12ClN5O2S/c18-13-2-1-3-15(10-13)26(24,25)22-14-6-4-12(5-7-14)16-8-9-17-20-19-11-23(17)21-16/h1-11,22H. The van der Waals surface area contributed by atoms with Gasteiger partial charge >= 0.3 is 0 Å². The molecule has 0 amide bonds. The number of anilines is 1. The van der Waals surface area contributed by atoms with E-state index in [1.165, 1.54) is 18.5 Å². The van der Waals surface area contributed by atoms with Crippen LogP contribution in [0.1, 0.15) is 0 Å². The van der Waals surface area contributed by atoms with Crippen LogP contribution < -0.4 is 4.72 Å². The summed E-state index contributed by atoms with van der Waals surface area (Å²) in [5.41, 5.74) is 2.66. The normalized spacial score (nSPS) is 11.6. The van der Waals surface area contributed by atoms with Gasteiger partial charge in [0.05, 0.1) is 10.6 Å². The van der Waals surface area contributed by atoms with Crippen LogP contribution in [0.25, 0.3) is 16.9 Å². The highest BCUT2D eigenvalue weighted by molar-refractivity contribution is 7.92. The second kappa shape index (κ2) is 6.40. The van der Waals surface area contributed by atoms with E-state index in [9.17, 15) is 8.42 Å². The Kier molecular flexibility index (Phi) is 4.06. The van der Waals surface area contributed by atoms with Crippen molar-refractivity contribution in [3.8, 4) is 11.3 Å². The summed E-state index contributed by atoms with van der Waals surface area (Å²) in [7, 11) is -3.71. The van der Waals surface area contributed by atoms with E-state index in [-0.39, 0.29) is 4.90 Å². The van der Waals surface area contributed by atoms with E-state index in [1.54, 1.807) is 40.9 Å². The molecule has 0 spiro atoms. The summed E-state index contributed by atoms with van der Waals surface area (Å²) in [6.45, 7) is 0. The van der Waals surface area contributed by atoms with Gasteiger partial charge in [0.25, 0.3) is 10.0 Å². The lowest BCUT2D eigenvalue weighted by atomic mass is 10.1. The van der Waals surface area contributed by atoms with Crippen molar-refractivity contribution in [2.24, 2.45) is 0 Å². The zero-order valence-electron chi connectivity index (χ0n) is 13.2. The molecule has 0 saturated carbocycles. The van der Waals surface area contributed by atoms with E-state index in [2.05, 4.69) is 20.0 Å². The fourth-order valence-electron chi connectivity index (χ4n) is 2.44. The number of aromatic nitrogens is 4. The van der Waals surface area contributed by atoms with E-state index < -0.39 is 10.0 Å². The van der Waals surface area contributed by atoms with E-state index in [4.69, 9.17) is 11.6 Å². The number of halogens is 1. The number of nitrogens with zero attached hydrogens (tertiary/aromatic N) is 4. The van der Waals surface area contributed by atoms with Gasteiger partial charge < -0.3 is 0 Å². The fourth-order valence-corrected chi connectivity index (χ4v) is 3.80. The zero-order chi connectivity index (χ0) is 18.1. The summed E-state index contributed by atoms with van der Waals surface area (Å²) in [6, 6.07) is 16.7. The van der Waals surface area contributed by atoms with Crippen molar-refractivity contribution < 1.29 is 8.42 Å². The number of sulfonamides is 1. The number of hydrogen-bond acceptors (Lipinski definition) is 5. The molecule has 7 nitrogen and oxygen atoms in total. The van der Waals surface area contributed by atoms with Gasteiger partial charge in [-0.25, -0.2) is 8.42 Å². The number of hydrogen-bond donors (Lipinski definition) is 1. The molecule has 4 rings (SSSR count). The highest BCUT2D eigenvalue weighted by Crippen LogP contribution is 2.22. The first-order chi connectivity index (χ1) is 12.5. The smallest absolute Gasteiger partial charge is 0.261 e. The van der Waals surface area contributed by atoms with Crippen LogP contribution in [0.2, 0.25) is 5.02 Å². The first kappa shape index (κ1) is 16.5. The van der Waals surface area contributed by atoms with Gasteiger partial charge in [-0.3, -0.25) is 4.72 Å². The van der Waals surface area contributed by atoms with Crippen molar-refractivity contribution >= 4 is 33.0 Å². The van der Waals surface area contributed by atoms with Crippen LogP contribution in [-0.4, -0.2) is 28.2 Å². The maximum Gasteiger partial charge on any atom is 0.261 e. The maximum atomic E-state index is 12.4. The highest BCUT2D eigenvalue weighted by Gasteiger charge is 2.14. The third kappa shape index (κ3) is 3.24. The summed E-state index contributed by atoms with van der Waals surface area (Å²) < 4.78 is 29.0. The number of nitrogens with one attached hydrogen (secondary N) is 1. The molecule has 9 heteroatoms. The molecule has 0 aliphatic heterocycles. The Morgan fingerprint density at radius 3 is 2.58 bits per heavy atom. The molecule has 0 saturated heterocycles. The molecule has 0 fully saturated rings. The third-order valence-corrected chi connectivity index (χ3v) is 5.32. The van der Waals surface area contributed by atoms with E-state index in [0.717, 1.165) is 11.3 Å². The molecule has 0 bridgehead atoms. The van der Waals surface area contributed by atoms with Gasteiger partial charge in [-0.05, 0) is 42.5 Å². The van der Waals surface area contributed by atoms with Crippen LogP contribution in [0, 0.1) is 0 Å². The third-order valence-electron chi connectivity index (χ3n) is 3.70. The predicted octanol–water partition coefficient (Wildman–Crippen LogP) is 3.25. The topological polar surface area (TPSA) is 89.2 Å². The summed E-state index contributed by atoms with van der Waals surface area (Å²) in [6.07, 6.45) is 1.52.